The number of carbonyl (C=O) groups is 6. The number of halogens is 2. The number of morpholine rings is 1. The number of piperidine rings is 1. The number of imide groups is 1. The van der Waals surface area contributed by atoms with Crippen LogP contribution < -0.4 is 21.2 Å². The van der Waals surface area contributed by atoms with Crippen LogP contribution >= 0.6 is 18.9 Å². The average Bonchev–Trinajstić information content (AvgIpc) is 4.07. The van der Waals surface area contributed by atoms with Crippen LogP contribution in [-0.2, 0) is 50.7 Å². The summed E-state index contributed by atoms with van der Waals surface area (Å²) in [6.07, 6.45) is -0.843. The first-order valence-electron chi connectivity index (χ1n) is 24.2. The number of fused-ring (bicyclic) bond motifs is 2. The molecule has 20 nitrogen and oxygen atoms in total. The standard InChI is InChI=1S/C50H57F2N8O12PS/c1-49(2,3)43(54-45(64)39-25-30-24-31(10-14-38(30)74-39)50(51,52)73(68,69)70)47(66)59-17-16-36(42(59)46(65)58-22-23-71-37(27-58)29-8-6-5-7-9-29)72-28-41(62)57-20-18-56(19-21-57)32-11-12-33-35(26-32)55(4)48(67)60(33)34-13-15-40(61)53-44(34)63/h5-12,14,24-26,34,36-37,42-43H,13,15-23,27-28H2,1-4H3,(H,54,64)(H,53,61,63)(H2,68,69,70)/t34?,36-,37?,42+,43-/m1/s1. The van der Waals surface area contributed by atoms with Crippen LogP contribution in [-0.4, -0.2) is 146 Å². The molecule has 0 spiro atoms. The first-order valence-corrected chi connectivity index (χ1v) is 26.7. The number of imidazole rings is 1. The summed E-state index contributed by atoms with van der Waals surface area (Å²) in [4.78, 5) is 121. The van der Waals surface area contributed by atoms with Crippen LogP contribution in [0.15, 0.2) is 77.6 Å². The Bertz CT molecular complexity index is 3140. The van der Waals surface area contributed by atoms with E-state index in [1.54, 1.807) is 43.7 Å². The lowest BCUT2D eigenvalue weighted by atomic mass is 9.85. The Morgan fingerprint density at radius 3 is 2.32 bits per heavy atom. The molecule has 3 aromatic carbocycles. The van der Waals surface area contributed by atoms with Gasteiger partial charge in [0.2, 0.25) is 29.5 Å². The highest BCUT2D eigenvalue weighted by atomic mass is 32.1. The molecular weight excluding hydrogens is 1010 g/mol. The summed E-state index contributed by atoms with van der Waals surface area (Å²) in [5.41, 5.74) is -3.87. The van der Waals surface area contributed by atoms with Gasteiger partial charge in [0, 0.05) is 68.7 Å². The SMILES string of the molecule is Cn1c(=O)n(C2CCC(=O)NC2=O)c2ccc(N3CCN(C(=O)CO[C@@H]4CCN(C(=O)[C@@H](NC(=O)c5cc6cc(C(F)(F)P(=O)(O)O)ccc6s5)C(C)(C)C)[C@@H]4C(=O)N4CCOC(c5ccccc5)C4)CC3)cc21. The Labute approximate surface area is 427 Å². The van der Waals surface area contributed by atoms with E-state index in [1.807, 2.05) is 42.5 Å². The van der Waals surface area contributed by atoms with Gasteiger partial charge in [0.05, 0.1) is 35.2 Å². The molecule has 6 amide bonds. The van der Waals surface area contributed by atoms with Crippen molar-refractivity contribution in [2.45, 2.75) is 76.0 Å². The van der Waals surface area contributed by atoms with E-state index in [-0.39, 0.29) is 79.9 Å². The Hall–Kier alpha value is -6.36. The molecule has 394 valence electrons. The van der Waals surface area contributed by atoms with Gasteiger partial charge in [-0.15, -0.1) is 11.3 Å². The van der Waals surface area contributed by atoms with Gasteiger partial charge in [-0.1, -0.05) is 57.2 Å². The van der Waals surface area contributed by atoms with E-state index in [0.717, 1.165) is 34.7 Å². The van der Waals surface area contributed by atoms with Crippen LogP contribution in [0, 0.1) is 5.41 Å². The van der Waals surface area contributed by atoms with E-state index >= 15 is 0 Å². The van der Waals surface area contributed by atoms with Gasteiger partial charge in [-0.05, 0) is 65.6 Å². The second-order valence-electron chi connectivity index (χ2n) is 20.1. The maximum absolute atomic E-state index is 14.9. The fraction of sp³-hybridized carbons (Fsp3) is 0.460. The minimum absolute atomic E-state index is 0.0447. The Kier molecular flexibility index (Phi) is 14.5. The highest BCUT2D eigenvalue weighted by Gasteiger charge is 2.51. The summed E-state index contributed by atoms with van der Waals surface area (Å²) < 4.78 is 56.5. The van der Waals surface area contributed by atoms with Gasteiger partial charge in [-0.2, -0.15) is 8.78 Å². The van der Waals surface area contributed by atoms with E-state index in [1.165, 1.54) is 26.2 Å². The smallest absolute Gasteiger partial charge is 0.370 e. The molecule has 0 saturated carbocycles. The molecule has 2 aromatic heterocycles. The Balaban J connectivity index is 0.899. The largest absolute Gasteiger partial charge is 0.399 e. The van der Waals surface area contributed by atoms with Gasteiger partial charge < -0.3 is 44.2 Å². The number of hydrogen-bond acceptors (Lipinski definition) is 12. The number of nitrogens with zero attached hydrogens (tertiary/aromatic N) is 6. The molecule has 9 rings (SSSR count). The van der Waals surface area contributed by atoms with Crippen molar-refractivity contribution in [2.75, 3.05) is 63.9 Å². The number of piperazine rings is 1. The van der Waals surface area contributed by atoms with Crippen LogP contribution in [0.1, 0.15) is 73.0 Å². The highest BCUT2D eigenvalue weighted by molar-refractivity contribution is 7.52. The van der Waals surface area contributed by atoms with E-state index in [0.29, 0.717) is 41.9 Å². The number of anilines is 1. The first-order chi connectivity index (χ1) is 35.0. The molecule has 24 heteroatoms. The first kappa shape index (κ1) is 52.5. The molecule has 0 radical (unpaired) electrons. The monoisotopic (exact) mass is 1060 g/mol. The van der Waals surface area contributed by atoms with Crippen LogP contribution in [0.2, 0.25) is 0 Å². The van der Waals surface area contributed by atoms with Gasteiger partial charge in [0.1, 0.15) is 30.8 Å². The third kappa shape index (κ3) is 10.2. The van der Waals surface area contributed by atoms with Crippen LogP contribution in [0.3, 0.4) is 0 Å². The van der Waals surface area contributed by atoms with Crippen molar-refractivity contribution in [1.29, 1.82) is 0 Å². The zero-order valence-corrected chi connectivity index (χ0v) is 42.8. The number of aryl methyl sites for hydroxylation is 1. The summed E-state index contributed by atoms with van der Waals surface area (Å²) in [6.45, 7) is 7.05. The molecule has 5 atom stereocenters. The number of ether oxygens (including phenoxy) is 2. The minimum Gasteiger partial charge on any atom is -0.370 e. The maximum atomic E-state index is 14.9. The molecule has 0 bridgehead atoms. The van der Waals surface area contributed by atoms with Crippen molar-refractivity contribution in [2.24, 2.45) is 12.5 Å². The third-order valence-electron chi connectivity index (χ3n) is 14.3. The number of rotatable bonds is 12. The molecule has 4 aliphatic rings. The molecule has 6 heterocycles. The van der Waals surface area contributed by atoms with Gasteiger partial charge in [-0.25, -0.2) is 4.79 Å². The summed E-state index contributed by atoms with van der Waals surface area (Å²) in [6, 6.07) is 16.0. The van der Waals surface area contributed by atoms with E-state index < -0.39 is 78.2 Å². The second kappa shape index (κ2) is 20.4. The van der Waals surface area contributed by atoms with Crippen molar-refractivity contribution in [3.05, 3.63) is 99.3 Å². The van der Waals surface area contributed by atoms with Gasteiger partial charge in [0.25, 0.3) is 5.91 Å². The van der Waals surface area contributed by atoms with Crippen molar-refractivity contribution in [1.82, 2.24) is 34.5 Å². The summed E-state index contributed by atoms with van der Waals surface area (Å²) in [5, 5.41) is 5.27. The number of aromatic nitrogens is 2. The van der Waals surface area contributed by atoms with Gasteiger partial charge in [-0.3, -0.25) is 47.8 Å². The van der Waals surface area contributed by atoms with Crippen molar-refractivity contribution in [3.63, 3.8) is 0 Å². The topological polar surface area (TPSA) is 242 Å². The fourth-order valence-corrected chi connectivity index (χ4v) is 11.6. The summed E-state index contributed by atoms with van der Waals surface area (Å²) in [7, 11) is -4.24. The minimum atomic E-state index is -5.86. The lowest BCUT2D eigenvalue weighted by molar-refractivity contribution is -0.156. The fourth-order valence-electron chi connectivity index (χ4n) is 10.2. The number of likely N-dealkylation sites (tertiary alicyclic amines) is 1. The Morgan fingerprint density at radius 1 is 0.905 bits per heavy atom. The lowest BCUT2D eigenvalue weighted by Gasteiger charge is -2.40. The number of hydrogen-bond donors (Lipinski definition) is 4. The maximum Gasteiger partial charge on any atom is 0.399 e. The molecule has 4 N–H and O–H groups in total. The molecular formula is C50H57F2N8O12PS. The predicted molar refractivity (Wildman–Crippen MR) is 267 cm³/mol. The number of thiophene rings is 1. The number of benzene rings is 3. The quantitative estimate of drug-likeness (QED) is 0.103. The van der Waals surface area contributed by atoms with Crippen LogP contribution in [0.4, 0.5) is 14.5 Å². The zero-order chi connectivity index (χ0) is 53.0. The highest BCUT2D eigenvalue weighted by Crippen LogP contribution is 2.59. The molecule has 0 aliphatic carbocycles. The van der Waals surface area contributed by atoms with Crippen molar-refractivity contribution < 1.29 is 61.4 Å². The summed E-state index contributed by atoms with van der Waals surface area (Å²) >= 11 is 0.940. The number of carbonyl (C=O) groups excluding carboxylic acids is 6. The molecule has 4 aliphatic heterocycles. The third-order valence-corrected chi connectivity index (χ3v) is 16.4. The Morgan fingerprint density at radius 2 is 1.64 bits per heavy atom. The van der Waals surface area contributed by atoms with E-state index in [2.05, 4.69) is 15.5 Å². The van der Waals surface area contributed by atoms with Crippen molar-refractivity contribution >= 4 is 81.2 Å². The molecule has 4 fully saturated rings. The summed E-state index contributed by atoms with van der Waals surface area (Å²) in [5.74, 6) is -2.93. The number of nitrogens with one attached hydrogen (secondary N) is 2. The van der Waals surface area contributed by atoms with Gasteiger partial charge >= 0.3 is 18.9 Å². The predicted octanol–water partition coefficient (Wildman–Crippen LogP) is 3.84. The zero-order valence-electron chi connectivity index (χ0n) is 41.1. The number of alkyl halides is 2. The van der Waals surface area contributed by atoms with E-state index in [4.69, 9.17) is 9.47 Å². The normalized spacial score (nSPS) is 21.6. The molecule has 4 saturated heterocycles. The average molecular weight is 1060 g/mol. The number of amides is 6. The van der Waals surface area contributed by atoms with Gasteiger partial charge in [0.15, 0.2) is 0 Å². The van der Waals surface area contributed by atoms with Crippen LogP contribution in [0.5, 0.6) is 0 Å². The molecule has 74 heavy (non-hydrogen) atoms. The lowest BCUT2D eigenvalue weighted by Crippen LogP contribution is -2.60. The van der Waals surface area contributed by atoms with Crippen LogP contribution in [0.25, 0.3) is 21.1 Å². The second-order valence-corrected chi connectivity index (χ2v) is 22.8. The molecule has 5 aromatic rings. The molecule has 2 unspecified atom stereocenters. The van der Waals surface area contributed by atoms with Crippen molar-refractivity contribution in [3.8, 4) is 0 Å². The van der Waals surface area contributed by atoms with E-state index in [9.17, 15) is 56.7 Å².